The van der Waals surface area contributed by atoms with E-state index in [9.17, 15) is 5.11 Å². The Hall–Kier alpha value is -1.81. The summed E-state index contributed by atoms with van der Waals surface area (Å²) < 4.78 is 7.17. The predicted octanol–water partition coefficient (Wildman–Crippen LogP) is 1.91. The SMILES string of the molecule is Cn1nc(C(O)C2=CCCO2)c2ccccc21. The molecule has 0 saturated carbocycles. The van der Waals surface area contributed by atoms with Crippen LogP contribution in [0.3, 0.4) is 0 Å². The van der Waals surface area contributed by atoms with E-state index in [4.69, 9.17) is 4.74 Å². The van der Waals surface area contributed by atoms with Crippen molar-refractivity contribution in [3.05, 3.63) is 41.8 Å². The summed E-state index contributed by atoms with van der Waals surface area (Å²) in [4.78, 5) is 0. The highest BCUT2D eigenvalue weighted by molar-refractivity contribution is 5.82. The van der Waals surface area contributed by atoms with Crippen molar-refractivity contribution in [3.63, 3.8) is 0 Å². The molecule has 1 aromatic heterocycles. The molecule has 1 aliphatic rings. The van der Waals surface area contributed by atoms with Crippen LogP contribution in [0, 0.1) is 0 Å². The van der Waals surface area contributed by atoms with E-state index < -0.39 is 6.10 Å². The fraction of sp³-hybridized carbons (Fsp3) is 0.308. The largest absolute Gasteiger partial charge is 0.495 e. The number of fused-ring (bicyclic) bond motifs is 1. The van der Waals surface area contributed by atoms with E-state index >= 15 is 0 Å². The Morgan fingerprint density at radius 3 is 3.00 bits per heavy atom. The molecule has 1 N–H and O–H groups in total. The lowest BCUT2D eigenvalue weighted by Gasteiger charge is -2.09. The van der Waals surface area contributed by atoms with E-state index in [1.54, 1.807) is 4.68 Å². The first kappa shape index (κ1) is 10.4. The third kappa shape index (κ3) is 1.61. The van der Waals surface area contributed by atoms with Crippen LogP contribution in [0.25, 0.3) is 10.9 Å². The molecule has 0 radical (unpaired) electrons. The Morgan fingerprint density at radius 2 is 2.24 bits per heavy atom. The van der Waals surface area contributed by atoms with Crippen LogP contribution in [0.2, 0.25) is 0 Å². The summed E-state index contributed by atoms with van der Waals surface area (Å²) >= 11 is 0. The first-order chi connectivity index (χ1) is 8.27. The van der Waals surface area contributed by atoms with Gasteiger partial charge in [-0.25, -0.2) is 0 Å². The first-order valence-corrected chi connectivity index (χ1v) is 5.70. The molecule has 2 aromatic rings. The van der Waals surface area contributed by atoms with Crippen LogP contribution in [-0.2, 0) is 11.8 Å². The van der Waals surface area contributed by atoms with E-state index in [0.29, 0.717) is 18.1 Å². The lowest BCUT2D eigenvalue weighted by Crippen LogP contribution is -2.04. The van der Waals surface area contributed by atoms with Crippen molar-refractivity contribution in [2.45, 2.75) is 12.5 Å². The van der Waals surface area contributed by atoms with Gasteiger partial charge in [-0.15, -0.1) is 0 Å². The number of ether oxygens (including phenoxy) is 1. The first-order valence-electron chi connectivity index (χ1n) is 5.70. The van der Waals surface area contributed by atoms with Gasteiger partial charge in [-0.3, -0.25) is 4.68 Å². The summed E-state index contributed by atoms with van der Waals surface area (Å²) in [7, 11) is 1.88. The fourth-order valence-corrected chi connectivity index (χ4v) is 2.21. The molecule has 4 heteroatoms. The molecule has 17 heavy (non-hydrogen) atoms. The van der Waals surface area contributed by atoms with Crippen molar-refractivity contribution in [1.29, 1.82) is 0 Å². The van der Waals surface area contributed by atoms with Crippen molar-refractivity contribution in [3.8, 4) is 0 Å². The monoisotopic (exact) mass is 230 g/mol. The van der Waals surface area contributed by atoms with Crippen LogP contribution in [0.5, 0.6) is 0 Å². The van der Waals surface area contributed by atoms with Gasteiger partial charge >= 0.3 is 0 Å². The number of aromatic nitrogens is 2. The zero-order chi connectivity index (χ0) is 11.8. The van der Waals surface area contributed by atoms with Gasteiger partial charge in [0.2, 0.25) is 0 Å². The maximum atomic E-state index is 10.3. The fourth-order valence-electron chi connectivity index (χ4n) is 2.21. The number of aryl methyl sites for hydroxylation is 1. The minimum Gasteiger partial charge on any atom is -0.495 e. The summed E-state index contributed by atoms with van der Waals surface area (Å²) in [6.45, 7) is 0.650. The number of hydrogen-bond acceptors (Lipinski definition) is 3. The number of nitrogens with zero attached hydrogens (tertiary/aromatic N) is 2. The quantitative estimate of drug-likeness (QED) is 0.857. The summed E-state index contributed by atoms with van der Waals surface area (Å²) in [5.74, 6) is 0.619. The van der Waals surface area contributed by atoms with E-state index in [-0.39, 0.29) is 0 Å². The standard InChI is InChI=1S/C13H14N2O2/c1-15-10-6-3-2-5-9(10)12(14-15)13(16)11-7-4-8-17-11/h2-3,5-7,13,16H,4,8H2,1H3. The average Bonchev–Trinajstić information content (AvgIpc) is 2.97. The summed E-state index contributed by atoms with van der Waals surface area (Å²) in [5, 5.41) is 15.6. The second-order valence-electron chi connectivity index (χ2n) is 4.17. The number of rotatable bonds is 2. The maximum absolute atomic E-state index is 10.3. The topological polar surface area (TPSA) is 47.3 Å². The molecule has 0 amide bonds. The molecule has 0 fully saturated rings. The van der Waals surface area contributed by atoms with Crippen molar-refractivity contribution in [1.82, 2.24) is 9.78 Å². The van der Waals surface area contributed by atoms with Crippen molar-refractivity contribution in [2.24, 2.45) is 7.05 Å². The number of benzene rings is 1. The number of para-hydroxylation sites is 1. The molecule has 1 aliphatic heterocycles. The maximum Gasteiger partial charge on any atom is 0.155 e. The molecule has 1 atom stereocenters. The molecule has 3 rings (SSSR count). The van der Waals surface area contributed by atoms with Gasteiger partial charge in [0.15, 0.2) is 6.10 Å². The molecule has 88 valence electrons. The number of aliphatic hydroxyl groups is 1. The smallest absolute Gasteiger partial charge is 0.155 e. The predicted molar refractivity (Wildman–Crippen MR) is 64.3 cm³/mol. The third-order valence-electron chi connectivity index (χ3n) is 3.05. The molecular formula is C13H14N2O2. The van der Waals surface area contributed by atoms with E-state index in [2.05, 4.69) is 5.10 Å². The van der Waals surface area contributed by atoms with Crippen LogP contribution < -0.4 is 0 Å². The van der Waals surface area contributed by atoms with E-state index in [1.165, 1.54) is 0 Å². The Bertz CT molecular complexity index is 586. The minimum absolute atomic E-state index is 0.619. The van der Waals surface area contributed by atoms with Gasteiger partial charge in [-0.1, -0.05) is 18.2 Å². The van der Waals surface area contributed by atoms with Crippen LogP contribution in [0.15, 0.2) is 36.1 Å². The molecule has 0 saturated heterocycles. The van der Waals surface area contributed by atoms with Crippen molar-refractivity contribution >= 4 is 10.9 Å². The second kappa shape index (κ2) is 3.89. The van der Waals surface area contributed by atoms with E-state index in [0.717, 1.165) is 17.3 Å². The summed E-state index contributed by atoms with van der Waals surface area (Å²) in [6.07, 6.45) is 2.02. The molecule has 2 heterocycles. The van der Waals surface area contributed by atoms with Gasteiger partial charge < -0.3 is 9.84 Å². The average molecular weight is 230 g/mol. The Labute approximate surface area is 99.1 Å². The van der Waals surface area contributed by atoms with Crippen molar-refractivity contribution in [2.75, 3.05) is 6.61 Å². The zero-order valence-electron chi connectivity index (χ0n) is 9.63. The molecular weight excluding hydrogens is 216 g/mol. The molecule has 0 bridgehead atoms. The van der Waals surface area contributed by atoms with Crippen LogP contribution in [-0.4, -0.2) is 21.5 Å². The Morgan fingerprint density at radius 1 is 1.41 bits per heavy atom. The molecule has 1 aromatic carbocycles. The number of aliphatic hydroxyl groups excluding tert-OH is 1. The van der Waals surface area contributed by atoms with Gasteiger partial charge in [-0.05, 0) is 12.1 Å². The lowest BCUT2D eigenvalue weighted by molar-refractivity contribution is 0.116. The van der Waals surface area contributed by atoms with Gasteiger partial charge in [-0.2, -0.15) is 5.10 Å². The normalized spacial score (nSPS) is 16.9. The Balaban J connectivity index is 2.11. The molecule has 0 aliphatic carbocycles. The summed E-state index contributed by atoms with van der Waals surface area (Å²) in [6, 6.07) is 7.87. The highest BCUT2D eigenvalue weighted by Crippen LogP contribution is 2.30. The highest BCUT2D eigenvalue weighted by Gasteiger charge is 2.23. The van der Waals surface area contributed by atoms with Gasteiger partial charge in [0.05, 0.1) is 12.1 Å². The molecule has 1 unspecified atom stereocenters. The number of hydrogen-bond donors (Lipinski definition) is 1. The van der Waals surface area contributed by atoms with Gasteiger partial charge in [0, 0.05) is 18.9 Å². The molecule has 4 nitrogen and oxygen atoms in total. The van der Waals surface area contributed by atoms with Gasteiger partial charge in [0.25, 0.3) is 0 Å². The van der Waals surface area contributed by atoms with E-state index in [1.807, 2.05) is 37.4 Å². The highest BCUT2D eigenvalue weighted by atomic mass is 16.5. The van der Waals surface area contributed by atoms with Crippen LogP contribution >= 0.6 is 0 Å². The second-order valence-corrected chi connectivity index (χ2v) is 4.17. The zero-order valence-corrected chi connectivity index (χ0v) is 9.63. The Kier molecular flexibility index (Phi) is 2.37. The third-order valence-corrected chi connectivity index (χ3v) is 3.05. The minimum atomic E-state index is -0.761. The lowest BCUT2D eigenvalue weighted by atomic mass is 10.1. The van der Waals surface area contributed by atoms with Crippen molar-refractivity contribution < 1.29 is 9.84 Å². The van der Waals surface area contributed by atoms with Gasteiger partial charge in [0.1, 0.15) is 11.5 Å². The van der Waals surface area contributed by atoms with Crippen LogP contribution in [0.1, 0.15) is 18.2 Å². The summed E-state index contributed by atoms with van der Waals surface area (Å²) in [5.41, 5.74) is 1.68. The molecule has 0 spiro atoms. The van der Waals surface area contributed by atoms with Crippen LogP contribution in [0.4, 0.5) is 0 Å².